The Hall–Kier alpha value is -3.14. The summed E-state index contributed by atoms with van der Waals surface area (Å²) in [6, 6.07) is 17.8. The van der Waals surface area contributed by atoms with Crippen molar-refractivity contribution in [2.45, 2.75) is 32.4 Å². The SMILES string of the molecule is CCCNC(=O)C(Cc1ccccc1)N(Cc1ccc(Cl)cc1Cl)C(=O)CN(c1ccc(F)cc1)S(C)(=O)=O. The molecular formula is C28H30Cl2FN3O4S. The molecule has 208 valence electrons. The summed E-state index contributed by atoms with van der Waals surface area (Å²) >= 11 is 12.5. The quantitative estimate of drug-likeness (QED) is 0.318. The van der Waals surface area contributed by atoms with Crippen LogP contribution >= 0.6 is 23.2 Å². The summed E-state index contributed by atoms with van der Waals surface area (Å²) in [6.45, 7) is 1.63. The van der Waals surface area contributed by atoms with E-state index in [0.717, 1.165) is 28.3 Å². The summed E-state index contributed by atoms with van der Waals surface area (Å²) < 4.78 is 39.8. The van der Waals surface area contributed by atoms with Gasteiger partial charge in [-0.2, -0.15) is 0 Å². The molecule has 7 nitrogen and oxygen atoms in total. The first kappa shape index (κ1) is 30.4. The van der Waals surface area contributed by atoms with Crippen molar-refractivity contribution < 1.29 is 22.4 Å². The number of nitrogens with one attached hydrogen (secondary N) is 1. The lowest BCUT2D eigenvalue weighted by Crippen LogP contribution is -2.53. The Labute approximate surface area is 238 Å². The lowest BCUT2D eigenvalue weighted by molar-refractivity contribution is -0.140. The summed E-state index contributed by atoms with van der Waals surface area (Å²) in [7, 11) is -3.95. The Morgan fingerprint density at radius 1 is 1.00 bits per heavy atom. The molecule has 0 radical (unpaired) electrons. The molecule has 39 heavy (non-hydrogen) atoms. The van der Waals surface area contributed by atoms with Gasteiger partial charge >= 0.3 is 0 Å². The Morgan fingerprint density at radius 2 is 1.67 bits per heavy atom. The van der Waals surface area contributed by atoms with Gasteiger partial charge in [0.15, 0.2) is 0 Å². The van der Waals surface area contributed by atoms with E-state index in [9.17, 15) is 22.4 Å². The molecule has 0 aliphatic carbocycles. The van der Waals surface area contributed by atoms with Gasteiger partial charge in [0.1, 0.15) is 18.4 Å². The number of anilines is 1. The van der Waals surface area contributed by atoms with E-state index in [1.54, 1.807) is 12.1 Å². The first-order chi connectivity index (χ1) is 18.5. The third-order valence-electron chi connectivity index (χ3n) is 5.97. The number of hydrogen-bond donors (Lipinski definition) is 1. The van der Waals surface area contributed by atoms with Crippen LogP contribution in [-0.2, 0) is 32.6 Å². The average Bonchev–Trinajstić information content (AvgIpc) is 2.89. The predicted molar refractivity (Wildman–Crippen MR) is 153 cm³/mol. The van der Waals surface area contributed by atoms with Crippen molar-refractivity contribution in [3.8, 4) is 0 Å². The maximum absolute atomic E-state index is 13.9. The van der Waals surface area contributed by atoms with Crippen LogP contribution in [0.1, 0.15) is 24.5 Å². The molecule has 0 heterocycles. The third kappa shape index (κ3) is 8.68. The molecule has 0 aromatic heterocycles. The number of rotatable bonds is 12. The molecule has 0 fully saturated rings. The second-order valence-corrected chi connectivity index (χ2v) is 11.8. The van der Waals surface area contributed by atoms with Crippen LogP contribution in [0.3, 0.4) is 0 Å². The largest absolute Gasteiger partial charge is 0.354 e. The van der Waals surface area contributed by atoms with Gasteiger partial charge in [0.05, 0.1) is 11.9 Å². The van der Waals surface area contributed by atoms with Crippen LogP contribution in [-0.4, -0.2) is 50.5 Å². The summed E-state index contributed by atoms with van der Waals surface area (Å²) in [6.07, 6.45) is 1.83. The standard InChI is InChI=1S/C28H30Cl2FN3O4S/c1-3-15-32-28(36)26(16-20-7-5-4-6-8-20)33(18-21-9-10-22(29)17-25(21)30)27(35)19-34(39(2,37)38)24-13-11-23(31)12-14-24/h4-14,17,26H,3,15-16,18-19H2,1-2H3,(H,32,36). The highest BCUT2D eigenvalue weighted by Crippen LogP contribution is 2.25. The minimum absolute atomic E-state index is 0.0765. The fourth-order valence-electron chi connectivity index (χ4n) is 3.97. The number of halogens is 3. The van der Waals surface area contributed by atoms with Crippen molar-refractivity contribution in [2.24, 2.45) is 0 Å². The van der Waals surface area contributed by atoms with Gasteiger partial charge in [-0.05, 0) is 53.9 Å². The highest BCUT2D eigenvalue weighted by Gasteiger charge is 2.33. The number of hydrogen-bond acceptors (Lipinski definition) is 4. The summed E-state index contributed by atoms with van der Waals surface area (Å²) in [5.41, 5.74) is 1.46. The molecule has 1 N–H and O–H groups in total. The Bertz CT molecular complexity index is 1390. The molecule has 0 aliphatic heterocycles. The topological polar surface area (TPSA) is 86.8 Å². The van der Waals surface area contributed by atoms with Gasteiger partial charge in [-0.3, -0.25) is 13.9 Å². The predicted octanol–water partition coefficient (Wildman–Crippen LogP) is 5.06. The van der Waals surface area contributed by atoms with E-state index in [1.165, 1.54) is 23.1 Å². The molecule has 1 atom stereocenters. The van der Waals surface area contributed by atoms with E-state index in [-0.39, 0.29) is 24.6 Å². The zero-order chi connectivity index (χ0) is 28.6. The smallest absolute Gasteiger partial charge is 0.244 e. The van der Waals surface area contributed by atoms with Gasteiger partial charge in [0.25, 0.3) is 0 Å². The molecule has 0 saturated carbocycles. The molecule has 3 aromatic carbocycles. The van der Waals surface area contributed by atoms with Crippen LogP contribution in [0.15, 0.2) is 72.8 Å². The summed E-state index contributed by atoms with van der Waals surface area (Å²) in [5.74, 6) is -1.57. The van der Waals surface area contributed by atoms with Crippen LogP contribution in [0.2, 0.25) is 10.0 Å². The number of benzene rings is 3. The summed E-state index contributed by atoms with van der Waals surface area (Å²) in [4.78, 5) is 28.7. The Morgan fingerprint density at radius 3 is 2.26 bits per heavy atom. The lowest BCUT2D eigenvalue weighted by Gasteiger charge is -2.33. The molecular weight excluding hydrogens is 564 g/mol. The number of amides is 2. The zero-order valence-electron chi connectivity index (χ0n) is 21.6. The lowest BCUT2D eigenvalue weighted by atomic mass is 10.0. The highest BCUT2D eigenvalue weighted by molar-refractivity contribution is 7.92. The molecule has 1 unspecified atom stereocenters. The molecule has 11 heteroatoms. The molecule has 0 saturated heterocycles. The van der Waals surface area contributed by atoms with Gasteiger partial charge in [-0.25, -0.2) is 12.8 Å². The molecule has 2 amide bonds. The van der Waals surface area contributed by atoms with Gasteiger partial charge in [0.2, 0.25) is 21.8 Å². The van der Waals surface area contributed by atoms with E-state index < -0.39 is 34.3 Å². The van der Waals surface area contributed by atoms with Gasteiger partial charge in [0, 0.05) is 29.6 Å². The van der Waals surface area contributed by atoms with Crippen molar-refractivity contribution >= 4 is 50.7 Å². The van der Waals surface area contributed by atoms with Crippen LogP contribution in [0.4, 0.5) is 10.1 Å². The Kier molecular flexibility index (Phi) is 10.7. The fraction of sp³-hybridized carbons (Fsp3) is 0.286. The number of sulfonamides is 1. The van der Waals surface area contributed by atoms with Crippen LogP contribution in [0.25, 0.3) is 0 Å². The summed E-state index contributed by atoms with van der Waals surface area (Å²) in [5, 5.41) is 3.56. The van der Waals surface area contributed by atoms with Crippen molar-refractivity contribution in [3.63, 3.8) is 0 Å². The maximum Gasteiger partial charge on any atom is 0.244 e. The molecule has 0 aliphatic rings. The van der Waals surface area contributed by atoms with Gasteiger partial charge < -0.3 is 10.2 Å². The maximum atomic E-state index is 13.9. The van der Waals surface area contributed by atoms with Crippen molar-refractivity contribution in [3.05, 3.63) is 99.8 Å². The average molecular weight is 595 g/mol. The highest BCUT2D eigenvalue weighted by atomic mass is 35.5. The van der Waals surface area contributed by atoms with Crippen molar-refractivity contribution in [1.29, 1.82) is 0 Å². The van der Waals surface area contributed by atoms with E-state index in [4.69, 9.17) is 23.2 Å². The first-order valence-electron chi connectivity index (χ1n) is 12.3. The van der Waals surface area contributed by atoms with Crippen LogP contribution < -0.4 is 9.62 Å². The Balaban J connectivity index is 2.06. The molecule has 0 spiro atoms. The molecule has 3 aromatic rings. The van der Waals surface area contributed by atoms with Crippen molar-refractivity contribution in [1.82, 2.24) is 10.2 Å². The number of carbonyl (C=O) groups is 2. The van der Waals surface area contributed by atoms with E-state index in [0.29, 0.717) is 28.6 Å². The van der Waals surface area contributed by atoms with Crippen LogP contribution in [0, 0.1) is 5.82 Å². The van der Waals surface area contributed by atoms with E-state index >= 15 is 0 Å². The second kappa shape index (κ2) is 13.8. The first-order valence-corrected chi connectivity index (χ1v) is 14.9. The van der Waals surface area contributed by atoms with E-state index in [1.807, 2.05) is 37.3 Å². The van der Waals surface area contributed by atoms with Gasteiger partial charge in [-0.15, -0.1) is 0 Å². The third-order valence-corrected chi connectivity index (χ3v) is 7.70. The van der Waals surface area contributed by atoms with Gasteiger partial charge in [-0.1, -0.05) is 66.5 Å². The zero-order valence-corrected chi connectivity index (χ0v) is 23.9. The minimum Gasteiger partial charge on any atom is -0.354 e. The normalized spacial score (nSPS) is 12.0. The monoisotopic (exact) mass is 593 g/mol. The second-order valence-electron chi connectivity index (χ2n) is 9.00. The number of nitrogens with zero attached hydrogens (tertiary/aromatic N) is 2. The van der Waals surface area contributed by atoms with Crippen LogP contribution in [0.5, 0.6) is 0 Å². The number of carbonyl (C=O) groups excluding carboxylic acids is 2. The fourth-order valence-corrected chi connectivity index (χ4v) is 5.29. The molecule has 3 rings (SSSR count). The minimum atomic E-state index is -3.95. The van der Waals surface area contributed by atoms with Crippen molar-refractivity contribution in [2.75, 3.05) is 23.7 Å². The van der Waals surface area contributed by atoms with E-state index in [2.05, 4.69) is 5.32 Å². The molecule has 0 bridgehead atoms.